The standard InChI is InChI=1S/C17H11F4NO5S/c1-6-8(4-11(23)24)13-10(22-6)3-9(16(26)14(13)18)15(25)7-2-12(28-5-7)27-17(19,20)21/h2,5,25H,3-4H2,1H3,(H,23,24). The van der Waals surface area contributed by atoms with Crippen LogP contribution in [-0.4, -0.2) is 34.0 Å². The Morgan fingerprint density at radius 3 is 2.64 bits per heavy atom. The van der Waals surface area contributed by atoms with Gasteiger partial charge in [0, 0.05) is 34.7 Å². The molecule has 0 radical (unpaired) electrons. The van der Waals surface area contributed by atoms with Crippen molar-refractivity contribution in [3.63, 3.8) is 0 Å². The molecule has 11 heteroatoms. The molecular weight excluding hydrogens is 406 g/mol. The zero-order chi connectivity index (χ0) is 20.8. The van der Waals surface area contributed by atoms with Crippen molar-refractivity contribution < 1.29 is 42.1 Å². The van der Waals surface area contributed by atoms with E-state index < -0.39 is 41.2 Å². The maximum atomic E-state index is 14.7. The number of allylic oxidation sites excluding steroid dienone is 4. The molecule has 1 aliphatic heterocycles. The van der Waals surface area contributed by atoms with Crippen LogP contribution in [0.5, 0.6) is 5.06 Å². The van der Waals surface area contributed by atoms with Gasteiger partial charge in [0.15, 0.2) is 10.9 Å². The molecule has 0 atom stereocenters. The highest BCUT2D eigenvalue weighted by molar-refractivity contribution is 7.12. The molecule has 1 aromatic rings. The van der Waals surface area contributed by atoms with E-state index in [9.17, 15) is 32.3 Å². The second-order valence-electron chi connectivity index (χ2n) is 5.92. The van der Waals surface area contributed by atoms with E-state index in [2.05, 4.69) is 9.73 Å². The van der Waals surface area contributed by atoms with Gasteiger partial charge in [-0.3, -0.25) is 14.6 Å². The lowest BCUT2D eigenvalue weighted by Gasteiger charge is -2.18. The minimum Gasteiger partial charge on any atom is -0.507 e. The fourth-order valence-electron chi connectivity index (χ4n) is 2.90. The number of aliphatic imine (C=N–C) groups is 1. The lowest BCUT2D eigenvalue weighted by molar-refractivity contribution is -0.273. The highest BCUT2D eigenvalue weighted by Gasteiger charge is 2.38. The molecule has 0 saturated heterocycles. The maximum Gasteiger partial charge on any atom is 0.573 e. The minimum atomic E-state index is -4.92. The van der Waals surface area contributed by atoms with Gasteiger partial charge in [0.2, 0.25) is 5.78 Å². The Morgan fingerprint density at radius 2 is 2.04 bits per heavy atom. The monoisotopic (exact) mass is 417 g/mol. The number of aliphatic hydroxyl groups excluding tert-OH is 1. The van der Waals surface area contributed by atoms with Gasteiger partial charge >= 0.3 is 12.3 Å². The van der Waals surface area contributed by atoms with Gasteiger partial charge in [0.05, 0.1) is 17.7 Å². The third-order valence-electron chi connectivity index (χ3n) is 4.05. The van der Waals surface area contributed by atoms with Crippen molar-refractivity contribution in [1.82, 2.24) is 0 Å². The molecule has 0 amide bonds. The van der Waals surface area contributed by atoms with Gasteiger partial charge in [-0.2, -0.15) is 0 Å². The number of carboxylic acids is 1. The van der Waals surface area contributed by atoms with E-state index in [1.165, 1.54) is 6.92 Å². The van der Waals surface area contributed by atoms with Gasteiger partial charge in [-0.1, -0.05) is 0 Å². The first-order chi connectivity index (χ1) is 13.0. The van der Waals surface area contributed by atoms with E-state index in [-0.39, 0.29) is 40.1 Å². The van der Waals surface area contributed by atoms with E-state index in [0.717, 1.165) is 11.4 Å². The summed E-state index contributed by atoms with van der Waals surface area (Å²) in [6.45, 7) is 1.47. The number of ether oxygens (including phenoxy) is 1. The molecule has 0 bridgehead atoms. The Balaban J connectivity index is 1.98. The number of alkyl halides is 3. The number of aliphatic carboxylic acids is 1. The van der Waals surface area contributed by atoms with Crippen molar-refractivity contribution in [2.75, 3.05) is 0 Å². The predicted molar refractivity (Wildman–Crippen MR) is 90.7 cm³/mol. The number of aliphatic hydroxyl groups is 1. The second-order valence-corrected chi connectivity index (χ2v) is 6.79. The first kappa shape index (κ1) is 19.8. The highest BCUT2D eigenvalue weighted by atomic mass is 32.1. The van der Waals surface area contributed by atoms with Crippen LogP contribution >= 0.6 is 11.3 Å². The number of carbonyl (C=O) groups is 2. The predicted octanol–water partition coefficient (Wildman–Crippen LogP) is 4.32. The van der Waals surface area contributed by atoms with Gasteiger partial charge in [0.25, 0.3) is 0 Å². The summed E-state index contributed by atoms with van der Waals surface area (Å²) in [5.41, 5.74) is -0.336. The first-order valence-corrected chi connectivity index (χ1v) is 8.57. The highest BCUT2D eigenvalue weighted by Crippen LogP contribution is 2.40. The number of halogens is 4. The fourth-order valence-corrected chi connectivity index (χ4v) is 3.66. The normalized spacial score (nSPS) is 19.0. The summed E-state index contributed by atoms with van der Waals surface area (Å²) < 4.78 is 55.2. The summed E-state index contributed by atoms with van der Waals surface area (Å²) in [4.78, 5) is 27.4. The molecule has 0 saturated carbocycles. The van der Waals surface area contributed by atoms with Crippen LogP contribution in [0.3, 0.4) is 0 Å². The molecule has 2 aliphatic rings. The lowest BCUT2D eigenvalue weighted by atomic mass is 9.85. The fraction of sp³-hybridized carbons (Fsp3) is 0.235. The lowest BCUT2D eigenvalue weighted by Crippen LogP contribution is -2.21. The second kappa shape index (κ2) is 6.89. The summed E-state index contributed by atoms with van der Waals surface area (Å²) in [6, 6.07) is 0.876. The number of rotatable bonds is 4. The molecule has 28 heavy (non-hydrogen) atoms. The van der Waals surface area contributed by atoms with Crippen LogP contribution in [-0.2, 0) is 9.59 Å². The van der Waals surface area contributed by atoms with Crippen LogP contribution in [0.15, 0.2) is 44.7 Å². The number of fused-ring (bicyclic) bond motifs is 1. The molecule has 0 aromatic carbocycles. The molecule has 0 fully saturated rings. The van der Waals surface area contributed by atoms with Crippen LogP contribution in [0.25, 0.3) is 5.76 Å². The summed E-state index contributed by atoms with van der Waals surface area (Å²) in [7, 11) is 0. The maximum absolute atomic E-state index is 14.7. The average molecular weight is 417 g/mol. The van der Waals surface area contributed by atoms with Crippen molar-refractivity contribution in [2.45, 2.75) is 26.1 Å². The number of Topliss-reactive ketones (excluding diaryl/α,β-unsaturated/α-hetero) is 1. The van der Waals surface area contributed by atoms with Gasteiger partial charge in [-0.25, -0.2) is 4.39 Å². The van der Waals surface area contributed by atoms with Gasteiger partial charge < -0.3 is 14.9 Å². The molecule has 2 N–H and O–H groups in total. The van der Waals surface area contributed by atoms with E-state index in [4.69, 9.17) is 5.11 Å². The summed E-state index contributed by atoms with van der Waals surface area (Å²) >= 11 is 0.541. The molecule has 148 valence electrons. The van der Waals surface area contributed by atoms with Crippen LogP contribution in [0.2, 0.25) is 0 Å². The molecule has 1 aliphatic carbocycles. The van der Waals surface area contributed by atoms with Gasteiger partial charge in [-0.15, -0.1) is 24.5 Å². The van der Waals surface area contributed by atoms with E-state index >= 15 is 0 Å². The Morgan fingerprint density at radius 1 is 1.36 bits per heavy atom. The van der Waals surface area contributed by atoms with E-state index in [1.807, 2.05) is 0 Å². The Labute approximate surface area is 158 Å². The van der Waals surface area contributed by atoms with E-state index in [1.54, 1.807) is 0 Å². The molecular formula is C17H11F4NO5S. The van der Waals surface area contributed by atoms with Crippen LogP contribution in [0.1, 0.15) is 25.3 Å². The Bertz CT molecular complexity index is 1010. The van der Waals surface area contributed by atoms with Gasteiger partial charge in [0.1, 0.15) is 5.76 Å². The SMILES string of the molecule is CC1=C(CC(=O)O)C2=C(F)C(=O)C(=C(O)c3csc(OC(F)(F)F)c3)CC2=N1. The molecule has 2 heterocycles. The smallest absolute Gasteiger partial charge is 0.507 e. The van der Waals surface area contributed by atoms with E-state index in [0.29, 0.717) is 11.3 Å². The van der Waals surface area contributed by atoms with Crippen molar-refractivity contribution in [1.29, 1.82) is 0 Å². The van der Waals surface area contributed by atoms with Crippen molar-refractivity contribution in [3.8, 4) is 5.06 Å². The first-order valence-electron chi connectivity index (χ1n) is 7.69. The number of ketones is 1. The van der Waals surface area contributed by atoms with Crippen LogP contribution in [0, 0.1) is 0 Å². The molecule has 3 rings (SSSR count). The number of nitrogens with zero attached hydrogens (tertiary/aromatic N) is 1. The molecule has 1 aromatic heterocycles. The third-order valence-corrected chi connectivity index (χ3v) is 4.85. The van der Waals surface area contributed by atoms with Crippen LogP contribution in [0.4, 0.5) is 17.6 Å². The number of hydrogen-bond donors (Lipinski definition) is 2. The number of carboxylic acid groups (broad SMARTS) is 1. The van der Waals surface area contributed by atoms with Gasteiger partial charge in [-0.05, 0) is 12.5 Å². The Kier molecular flexibility index (Phi) is 4.88. The van der Waals surface area contributed by atoms with Crippen LogP contribution < -0.4 is 4.74 Å². The summed E-state index contributed by atoms with van der Waals surface area (Å²) in [6.07, 6.45) is -5.74. The summed E-state index contributed by atoms with van der Waals surface area (Å²) in [5.74, 6) is -4.35. The minimum absolute atomic E-state index is 0.0725. The van der Waals surface area contributed by atoms with Crippen molar-refractivity contribution >= 4 is 34.6 Å². The topological polar surface area (TPSA) is 96.2 Å². The third kappa shape index (κ3) is 3.70. The molecule has 6 nitrogen and oxygen atoms in total. The number of carbonyl (C=O) groups excluding carboxylic acids is 1. The van der Waals surface area contributed by atoms with Crippen molar-refractivity contribution in [2.24, 2.45) is 4.99 Å². The molecule has 0 unspecified atom stereocenters. The quantitative estimate of drug-likeness (QED) is 0.432. The zero-order valence-electron chi connectivity index (χ0n) is 14.1. The summed E-state index contributed by atoms with van der Waals surface area (Å²) in [5, 5.41) is 19.8. The average Bonchev–Trinajstić information content (AvgIpc) is 3.13. The Hall–Kier alpha value is -2.95. The number of hydrogen-bond acceptors (Lipinski definition) is 6. The zero-order valence-corrected chi connectivity index (χ0v) is 14.9. The largest absolute Gasteiger partial charge is 0.573 e. The number of thiophene rings is 1. The molecule has 0 spiro atoms. The van der Waals surface area contributed by atoms with Crippen molar-refractivity contribution in [3.05, 3.63) is 45.3 Å².